The van der Waals surface area contributed by atoms with Gasteiger partial charge in [-0.1, -0.05) is 158 Å². The normalized spacial score (nSPS) is 11.1. The number of aryl methyl sites for hydroxylation is 2. The van der Waals surface area contributed by atoms with Crippen LogP contribution < -0.4 is 0 Å². The molecule has 29 heteroatoms. The summed E-state index contributed by atoms with van der Waals surface area (Å²) < 4.78 is 18.3. The van der Waals surface area contributed by atoms with Crippen LogP contribution in [0.4, 0.5) is 0 Å². The Morgan fingerprint density at radius 3 is 1.06 bits per heavy atom. The maximum absolute atomic E-state index is 5.09. The molecule has 0 saturated heterocycles. The minimum Gasteiger partial charge on any atom is -0.448 e. The van der Waals surface area contributed by atoms with E-state index in [1.54, 1.807) is 97.0 Å². The molecule has 11 aromatic heterocycles. The van der Waals surface area contributed by atoms with E-state index >= 15 is 0 Å². The summed E-state index contributed by atoms with van der Waals surface area (Å²) in [6, 6.07) is 3.76. The van der Waals surface area contributed by atoms with Crippen LogP contribution in [0.3, 0.4) is 0 Å². The van der Waals surface area contributed by atoms with Crippen LogP contribution in [0.15, 0.2) is 141 Å². The number of rotatable bonds is 0. The molecule has 112 heavy (non-hydrogen) atoms. The Morgan fingerprint density at radius 1 is 0.357 bits per heavy atom. The van der Waals surface area contributed by atoms with Gasteiger partial charge in [-0.2, -0.15) is 35.4 Å². The van der Waals surface area contributed by atoms with Gasteiger partial charge in [-0.25, -0.2) is 43.9 Å². The zero-order chi connectivity index (χ0) is 88.4. The van der Waals surface area contributed by atoms with Crippen LogP contribution in [0.2, 0.25) is 0 Å². The van der Waals surface area contributed by atoms with Crippen LogP contribution >= 0.6 is 0 Å². The lowest BCUT2D eigenvalue weighted by atomic mass is 9.90. The average molecular weight is 1560 g/mol. The number of nitrogens with one attached hydrogen (secondary N) is 1. The molecule has 0 aromatic carbocycles. The summed E-state index contributed by atoms with van der Waals surface area (Å²) in [5.74, 6) is 3.45. The van der Waals surface area contributed by atoms with E-state index in [1.807, 2.05) is 171 Å². The molecule has 11 aromatic rings. The fourth-order valence-electron chi connectivity index (χ4n) is 6.79. The number of oxazole rings is 1. The Bertz CT molecular complexity index is 3170. The quantitative estimate of drug-likeness (QED) is 0.147. The van der Waals surface area contributed by atoms with Gasteiger partial charge < -0.3 is 13.6 Å². The Morgan fingerprint density at radius 2 is 0.857 bits per heavy atom. The molecule has 0 amide bonds. The number of hydrogen-bond acceptors (Lipinski definition) is 20. The highest BCUT2D eigenvalue weighted by Gasteiger charge is 2.21. The molecule has 1 N–H and O–H groups in total. The molecule has 29 nitrogen and oxygen atoms in total. The summed E-state index contributed by atoms with van der Waals surface area (Å²) in [6.07, 6.45) is 35.4. The van der Waals surface area contributed by atoms with Crippen molar-refractivity contribution >= 4 is 0 Å². The number of tetrazole rings is 1. The molecule has 636 valence electrons. The summed E-state index contributed by atoms with van der Waals surface area (Å²) in [6.45, 7) is 91.2. The van der Waals surface area contributed by atoms with Crippen molar-refractivity contribution < 1.29 is 4.42 Å². The van der Waals surface area contributed by atoms with Crippen LogP contribution in [0.1, 0.15) is 327 Å². The monoisotopic (exact) mass is 1560 g/mol. The third-order valence-corrected chi connectivity index (χ3v) is 13.1. The van der Waals surface area contributed by atoms with Gasteiger partial charge in [-0.05, 0) is 186 Å². The van der Waals surface area contributed by atoms with Gasteiger partial charge in [0.1, 0.15) is 49.5 Å². The lowest BCUT2D eigenvalue weighted by Gasteiger charge is -2.19. The van der Waals surface area contributed by atoms with Gasteiger partial charge >= 0.3 is 0 Å². The smallest absolute Gasteiger partial charge is 0.199 e. The van der Waals surface area contributed by atoms with Crippen molar-refractivity contribution in [3.8, 4) is 0 Å². The highest BCUT2D eigenvalue weighted by atomic mass is 16.3. The van der Waals surface area contributed by atoms with Gasteiger partial charge in [0.2, 0.25) is 0 Å². The number of aromatic amines is 1. The number of H-pyrrole nitrogens is 1. The van der Waals surface area contributed by atoms with Gasteiger partial charge in [0.05, 0.1) is 65.0 Å². The number of nitrogens with zero attached hydrogens (tertiary/aromatic N) is 27. The average Bonchev–Trinajstić information content (AvgIpc) is 1.80. The lowest BCUT2D eigenvalue weighted by Crippen LogP contribution is -2.24. The largest absolute Gasteiger partial charge is 0.448 e. The van der Waals surface area contributed by atoms with E-state index in [1.165, 1.54) is 5.56 Å². The standard InChI is InChI=1S/C8H14N2.C8H12N2.C7H13N3.2C7H12N2.C7H11NO.4C6H11N3.C5H10N4.5C2H6/c1-8(2,3)7-5-9-10(4)6-7;1-8(2,3)7-9-5-4-6-10-7;1-5-8-6(10-9-5)7(2,3)4;1-7(2,3)9-5-4-8-6-9;1-7(2,3)9-6-4-5-8-9;1-7(2,3)6-8-4-5-9-6;1-6(2,3)9-4-7-8-5-9;1-6(2,3)9-5-7-4-8-9;1-6(2,3)9-5-4-7-8-9;1-6(2,3)9-7-4-5-8-9;1-5(2,3)9-4-6-7-8-9;5*1-2/h5-6H,1-4H3;4-6H,1-3H3;1-4H3,(H,8,9,10);2*4-6H,1-3H3;5*4-5H,1-3H3;4H,1-3H3;5*1-2H3. The van der Waals surface area contributed by atoms with Crippen LogP contribution in [0.25, 0.3) is 0 Å². The second-order valence-electron chi connectivity index (χ2n) is 34.8. The Balaban J connectivity index is -0.000000370. The third-order valence-electron chi connectivity index (χ3n) is 13.1. The molecule has 11 heterocycles. The Labute approximate surface area is 678 Å². The second-order valence-corrected chi connectivity index (χ2v) is 34.8. The van der Waals surface area contributed by atoms with Crippen molar-refractivity contribution in [2.75, 3.05) is 0 Å². The van der Waals surface area contributed by atoms with E-state index in [4.69, 9.17) is 4.42 Å². The molecule has 0 fully saturated rings. The molecule has 0 bridgehead atoms. The Hall–Kier alpha value is -9.31. The predicted molar refractivity (Wildman–Crippen MR) is 462 cm³/mol. The van der Waals surface area contributed by atoms with E-state index < -0.39 is 0 Å². The minimum absolute atomic E-state index is 0.00347. The molecule has 0 unspecified atom stereocenters. The molecule has 0 saturated carbocycles. The fraction of sp³-hybridized carbons (Fsp3) is 0.675. The van der Waals surface area contributed by atoms with Gasteiger partial charge in [0, 0.05) is 83.9 Å². The predicted octanol–water partition coefficient (Wildman–Crippen LogP) is 19.8. The highest BCUT2D eigenvalue weighted by molar-refractivity contribution is 5.14. The van der Waals surface area contributed by atoms with Gasteiger partial charge in [0.15, 0.2) is 11.7 Å². The highest BCUT2D eigenvalue weighted by Crippen LogP contribution is 2.22. The van der Waals surface area contributed by atoms with Gasteiger partial charge in [-0.15, -0.1) is 20.4 Å². The van der Waals surface area contributed by atoms with E-state index in [-0.39, 0.29) is 60.4 Å². The first-order valence-corrected chi connectivity index (χ1v) is 39.2. The maximum atomic E-state index is 5.09. The fourth-order valence-corrected chi connectivity index (χ4v) is 6.79. The van der Waals surface area contributed by atoms with Crippen molar-refractivity contribution in [3.63, 3.8) is 0 Å². The zero-order valence-corrected chi connectivity index (χ0v) is 78.7. The lowest BCUT2D eigenvalue weighted by molar-refractivity contribution is 0.312. The molecule has 0 aliphatic rings. The van der Waals surface area contributed by atoms with Crippen molar-refractivity contribution in [2.45, 2.75) is 365 Å². The second kappa shape index (κ2) is 53.6. The van der Waals surface area contributed by atoms with Gasteiger partial charge in [0.25, 0.3) is 0 Å². The molecular weight excluding hydrogens is 1410 g/mol. The minimum atomic E-state index is 0.00347. The van der Waals surface area contributed by atoms with Crippen molar-refractivity contribution in [3.05, 3.63) is 166 Å². The number of hydrogen-bond donors (Lipinski definition) is 1. The van der Waals surface area contributed by atoms with E-state index in [9.17, 15) is 0 Å². The number of aromatic nitrogens is 28. The topological polar surface area (TPSA) is 313 Å². The van der Waals surface area contributed by atoms with Crippen molar-refractivity contribution in [1.29, 1.82) is 0 Å². The van der Waals surface area contributed by atoms with Crippen LogP contribution in [-0.2, 0) is 67.5 Å². The summed E-state index contributed by atoms with van der Waals surface area (Å²) in [4.78, 5) is 26.0. The first kappa shape index (κ1) is 111. The summed E-state index contributed by atoms with van der Waals surface area (Å²) in [7, 11) is 1.94. The van der Waals surface area contributed by atoms with Crippen LogP contribution in [0, 0.1) is 6.92 Å². The first-order valence-electron chi connectivity index (χ1n) is 39.2. The molecule has 0 aliphatic heterocycles. The maximum Gasteiger partial charge on any atom is 0.199 e. The zero-order valence-electron chi connectivity index (χ0n) is 78.7. The number of imidazole rings is 1. The van der Waals surface area contributed by atoms with E-state index in [0.717, 1.165) is 23.4 Å². The molecule has 0 atom stereocenters. The first-order chi connectivity index (χ1) is 51.4. The molecule has 0 spiro atoms. The third kappa shape index (κ3) is 52.0. The molecule has 0 aliphatic carbocycles. The molecule has 11 rings (SSSR count). The summed E-state index contributed by atoms with van der Waals surface area (Å²) in [5.41, 5.74) is 2.27. The SMILES string of the molecule is CC.CC.CC.CC.CC.CC(C)(C)c1ncccn1.CC(C)(C)c1ncco1.CC(C)(C)n1cccn1.CC(C)(C)n1ccnc1.CC(C)(C)n1ccnn1.CC(C)(C)n1cncn1.CC(C)(C)n1cnnc1.CC(C)(C)n1cnnn1.CC(C)(C)n1nccn1.Cc1nc(C(C)(C)C)n[nH]1.Cn1cc(C(C)(C)C)cn1. The molecule has 0 radical (unpaired) electrons. The van der Waals surface area contributed by atoms with Crippen molar-refractivity contribution in [2.24, 2.45) is 7.05 Å². The Kier molecular flexibility index (Phi) is 53.3. The van der Waals surface area contributed by atoms with Gasteiger partial charge in [-0.3, -0.25) is 14.5 Å². The van der Waals surface area contributed by atoms with Crippen LogP contribution in [-0.4, -0.2) is 139 Å². The van der Waals surface area contributed by atoms with E-state index in [0.29, 0.717) is 0 Å². The van der Waals surface area contributed by atoms with E-state index in [2.05, 4.69) is 320 Å². The summed E-state index contributed by atoms with van der Waals surface area (Å²) in [5, 5.41) is 52.8. The molecular formula is C83H158N28O. The van der Waals surface area contributed by atoms with Crippen molar-refractivity contribution in [1.82, 2.24) is 139 Å². The summed E-state index contributed by atoms with van der Waals surface area (Å²) >= 11 is 0. The van der Waals surface area contributed by atoms with Crippen LogP contribution in [0.5, 0.6) is 0 Å².